The van der Waals surface area contributed by atoms with Crippen LogP contribution in [0.2, 0.25) is 0 Å². The summed E-state index contributed by atoms with van der Waals surface area (Å²) in [5.74, 6) is -0.189. The third kappa shape index (κ3) is 2.92. The van der Waals surface area contributed by atoms with Crippen LogP contribution < -0.4 is 0 Å². The molecule has 14 heavy (non-hydrogen) atoms. The quantitative estimate of drug-likeness (QED) is 0.811. The van der Waals surface area contributed by atoms with Crippen molar-refractivity contribution in [1.82, 2.24) is 4.98 Å². The van der Waals surface area contributed by atoms with Crippen LogP contribution in [0.5, 0.6) is 0 Å². The summed E-state index contributed by atoms with van der Waals surface area (Å²) in [4.78, 5) is 14.4. The van der Waals surface area contributed by atoms with E-state index < -0.39 is 16.8 Å². The molecule has 0 saturated carbocycles. The number of hydrogen-bond donors (Lipinski definition) is 1. The first kappa shape index (κ1) is 10.8. The Morgan fingerprint density at radius 3 is 2.86 bits per heavy atom. The summed E-state index contributed by atoms with van der Waals surface area (Å²) in [5.41, 5.74) is 0.556. The van der Waals surface area contributed by atoms with Crippen molar-refractivity contribution in [3.63, 3.8) is 0 Å². The monoisotopic (exact) mass is 213 g/mol. The lowest BCUT2D eigenvalue weighted by Crippen LogP contribution is -2.05. The third-order valence-electron chi connectivity index (χ3n) is 1.66. The van der Waals surface area contributed by atoms with Crippen molar-refractivity contribution < 1.29 is 14.1 Å². The van der Waals surface area contributed by atoms with Gasteiger partial charge < -0.3 is 5.11 Å². The minimum absolute atomic E-state index is 0.00407. The lowest BCUT2D eigenvalue weighted by atomic mass is 10.3. The van der Waals surface area contributed by atoms with Gasteiger partial charge in [-0.05, 0) is 12.1 Å². The molecule has 1 aromatic rings. The summed E-state index contributed by atoms with van der Waals surface area (Å²) >= 11 is 0. The van der Waals surface area contributed by atoms with E-state index in [2.05, 4.69) is 4.98 Å². The van der Waals surface area contributed by atoms with E-state index >= 15 is 0 Å². The minimum atomic E-state index is -1.06. The normalized spacial score (nSPS) is 12.4. The van der Waals surface area contributed by atoms with Gasteiger partial charge >= 0.3 is 5.97 Å². The zero-order chi connectivity index (χ0) is 10.6. The van der Waals surface area contributed by atoms with Gasteiger partial charge in [-0.3, -0.25) is 4.21 Å². The summed E-state index contributed by atoms with van der Waals surface area (Å²) in [5, 5.41) is 8.66. The van der Waals surface area contributed by atoms with Crippen LogP contribution in [-0.2, 0) is 16.6 Å². The zero-order valence-electron chi connectivity index (χ0n) is 7.77. The average Bonchev–Trinajstić information content (AvgIpc) is 2.18. The van der Waals surface area contributed by atoms with Crippen molar-refractivity contribution in [3.05, 3.63) is 29.6 Å². The van der Waals surface area contributed by atoms with E-state index in [-0.39, 0.29) is 5.69 Å². The van der Waals surface area contributed by atoms with Gasteiger partial charge in [0.2, 0.25) is 0 Å². The zero-order valence-corrected chi connectivity index (χ0v) is 8.58. The molecule has 0 aliphatic heterocycles. The van der Waals surface area contributed by atoms with Crippen LogP contribution in [0.1, 0.15) is 23.1 Å². The molecule has 5 heteroatoms. The Balaban J connectivity index is 2.83. The van der Waals surface area contributed by atoms with Gasteiger partial charge in [-0.1, -0.05) is 13.0 Å². The second kappa shape index (κ2) is 4.85. The molecule has 1 rings (SSSR count). The minimum Gasteiger partial charge on any atom is -0.477 e. The van der Waals surface area contributed by atoms with Gasteiger partial charge in [-0.25, -0.2) is 9.78 Å². The molecule has 1 aromatic heterocycles. The smallest absolute Gasteiger partial charge is 0.354 e. The molecule has 0 saturated heterocycles. The van der Waals surface area contributed by atoms with Crippen LogP contribution in [-0.4, -0.2) is 26.0 Å². The molecule has 76 valence electrons. The number of carbonyl (C=O) groups is 1. The van der Waals surface area contributed by atoms with Crippen molar-refractivity contribution in [1.29, 1.82) is 0 Å². The number of pyridine rings is 1. The highest BCUT2D eigenvalue weighted by atomic mass is 32.2. The summed E-state index contributed by atoms with van der Waals surface area (Å²) < 4.78 is 11.2. The highest BCUT2D eigenvalue weighted by molar-refractivity contribution is 7.84. The molecule has 1 heterocycles. The van der Waals surface area contributed by atoms with Crippen LogP contribution in [0, 0.1) is 0 Å². The largest absolute Gasteiger partial charge is 0.477 e. The maximum Gasteiger partial charge on any atom is 0.354 e. The summed E-state index contributed by atoms with van der Waals surface area (Å²) in [6.07, 6.45) is 0. The molecule has 1 unspecified atom stereocenters. The molecule has 0 fully saturated rings. The van der Waals surface area contributed by atoms with Crippen LogP contribution in [0.15, 0.2) is 18.2 Å². The van der Waals surface area contributed by atoms with Crippen LogP contribution in [0.25, 0.3) is 0 Å². The van der Waals surface area contributed by atoms with Gasteiger partial charge in [0.05, 0.1) is 11.4 Å². The number of aromatic carboxylic acids is 1. The number of carboxylic acids is 1. The van der Waals surface area contributed by atoms with E-state index in [1.165, 1.54) is 6.07 Å². The van der Waals surface area contributed by atoms with E-state index in [1.54, 1.807) is 12.1 Å². The third-order valence-corrected chi connectivity index (χ3v) is 2.92. The Labute approximate surface area is 84.4 Å². The Morgan fingerprint density at radius 2 is 2.29 bits per heavy atom. The molecule has 0 bridgehead atoms. The van der Waals surface area contributed by atoms with Crippen molar-refractivity contribution in [2.75, 3.05) is 5.75 Å². The molecule has 0 radical (unpaired) electrons. The van der Waals surface area contributed by atoms with Crippen molar-refractivity contribution in [3.8, 4) is 0 Å². The Kier molecular flexibility index (Phi) is 3.76. The van der Waals surface area contributed by atoms with Crippen LogP contribution in [0.3, 0.4) is 0 Å². The fourth-order valence-electron chi connectivity index (χ4n) is 0.946. The van der Waals surface area contributed by atoms with E-state index in [1.807, 2.05) is 6.92 Å². The highest BCUT2D eigenvalue weighted by Crippen LogP contribution is 2.02. The fraction of sp³-hybridized carbons (Fsp3) is 0.333. The van der Waals surface area contributed by atoms with Crippen molar-refractivity contribution >= 4 is 16.8 Å². The molecule has 0 amide bonds. The number of nitrogens with zero attached hydrogens (tertiary/aromatic N) is 1. The number of aromatic nitrogens is 1. The van der Waals surface area contributed by atoms with Crippen LogP contribution >= 0.6 is 0 Å². The maximum absolute atomic E-state index is 11.2. The van der Waals surface area contributed by atoms with Gasteiger partial charge in [0.25, 0.3) is 0 Å². The van der Waals surface area contributed by atoms with Gasteiger partial charge in [0.1, 0.15) is 5.69 Å². The SMILES string of the molecule is CCS(=O)Cc1cccc(C(=O)O)n1. The molecule has 0 aromatic carbocycles. The number of hydrogen-bond acceptors (Lipinski definition) is 3. The second-order valence-corrected chi connectivity index (χ2v) is 4.44. The number of rotatable bonds is 4. The summed E-state index contributed by atoms with van der Waals surface area (Å²) in [7, 11) is -0.955. The predicted octanol–water partition coefficient (Wildman–Crippen LogP) is 1.05. The first-order valence-electron chi connectivity index (χ1n) is 4.17. The summed E-state index contributed by atoms with van der Waals surface area (Å²) in [6.45, 7) is 1.82. The average molecular weight is 213 g/mol. The van der Waals surface area contributed by atoms with Crippen molar-refractivity contribution in [2.24, 2.45) is 0 Å². The molecular weight excluding hydrogens is 202 g/mol. The summed E-state index contributed by atoms with van der Waals surface area (Å²) in [6, 6.07) is 4.71. The topological polar surface area (TPSA) is 67.3 Å². The predicted molar refractivity (Wildman–Crippen MR) is 53.6 cm³/mol. The van der Waals surface area contributed by atoms with Crippen LogP contribution in [0.4, 0.5) is 0 Å². The lowest BCUT2D eigenvalue weighted by Gasteiger charge is -2.00. The number of carboxylic acid groups (broad SMARTS) is 1. The lowest BCUT2D eigenvalue weighted by molar-refractivity contribution is 0.0690. The molecule has 0 aliphatic rings. The Morgan fingerprint density at radius 1 is 1.57 bits per heavy atom. The maximum atomic E-state index is 11.2. The fourth-order valence-corrected chi connectivity index (χ4v) is 1.64. The first-order valence-corrected chi connectivity index (χ1v) is 5.66. The van der Waals surface area contributed by atoms with E-state index in [9.17, 15) is 9.00 Å². The van der Waals surface area contributed by atoms with Gasteiger partial charge in [0.15, 0.2) is 0 Å². The van der Waals surface area contributed by atoms with Gasteiger partial charge in [-0.2, -0.15) is 0 Å². The molecule has 0 spiro atoms. The van der Waals surface area contributed by atoms with Gasteiger partial charge in [0, 0.05) is 16.6 Å². The molecule has 1 atom stereocenters. The highest BCUT2D eigenvalue weighted by Gasteiger charge is 2.06. The Hall–Kier alpha value is -1.23. The van der Waals surface area contributed by atoms with E-state index in [0.29, 0.717) is 17.2 Å². The molecule has 1 N–H and O–H groups in total. The van der Waals surface area contributed by atoms with E-state index in [0.717, 1.165) is 0 Å². The second-order valence-electron chi connectivity index (χ2n) is 2.69. The molecular formula is C9H11NO3S. The van der Waals surface area contributed by atoms with E-state index in [4.69, 9.17) is 5.11 Å². The Bertz CT molecular complexity index is 365. The first-order chi connectivity index (χ1) is 6.63. The molecule has 4 nitrogen and oxygen atoms in total. The molecule has 0 aliphatic carbocycles. The van der Waals surface area contributed by atoms with Gasteiger partial charge in [-0.15, -0.1) is 0 Å². The standard InChI is InChI=1S/C9H11NO3S/c1-2-14(13)6-7-4-3-5-8(10-7)9(11)12/h3-5H,2,6H2,1H3,(H,11,12). The van der Waals surface area contributed by atoms with Crippen molar-refractivity contribution in [2.45, 2.75) is 12.7 Å².